The zero-order valence-electron chi connectivity index (χ0n) is 15.9. The van der Waals surface area contributed by atoms with Gasteiger partial charge in [-0.3, -0.25) is 9.48 Å². The van der Waals surface area contributed by atoms with E-state index >= 15 is 0 Å². The topological polar surface area (TPSA) is 41.4 Å². The standard InChI is InChI=1S/C20H27ClN4O/c1-14(25-16(3)20(21)15(2)22-25)12-19(26)24-11-10-23(4)13-18(24)17-8-6-5-7-9-17/h5-9,14,18H,10-13H2,1-4H3/t14-,18-/m1/s1. The second-order valence-electron chi connectivity index (χ2n) is 7.26. The Hall–Kier alpha value is -1.85. The van der Waals surface area contributed by atoms with Crippen LogP contribution < -0.4 is 0 Å². The average molecular weight is 375 g/mol. The maximum absolute atomic E-state index is 13.1. The molecule has 1 aromatic heterocycles. The van der Waals surface area contributed by atoms with Gasteiger partial charge in [0, 0.05) is 26.1 Å². The number of carbonyl (C=O) groups is 1. The first-order chi connectivity index (χ1) is 12.4. The number of rotatable bonds is 4. The van der Waals surface area contributed by atoms with Crippen molar-refractivity contribution in [2.75, 3.05) is 26.7 Å². The first-order valence-corrected chi connectivity index (χ1v) is 9.50. The van der Waals surface area contributed by atoms with Gasteiger partial charge in [-0.15, -0.1) is 0 Å². The van der Waals surface area contributed by atoms with Crippen molar-refractivity contribution in [1.82, 2.24) is 19.6 Å². The summed E-state index contributed by atoms with van der Waals surface area (Å²) in [4.78, 5) is 17.4. The van der Waals surface area contributed by atoms with E-state index < -0.39 is 0 Å². The van der Waals surface area contributed by atoms with Crippen molar-refractivity contribution in [2.45, 2.75) is 39.3 Å². The number of aromatic nitrogens is 2. The molecule has 0 saturated carbocycles. The van der Waals surface area contributed by atoms with E-state index in [2.05, 4.69) is 29.2 Å². The summed E-state index contributed by atoms with van der Waals surface area (Å²) in [5, 5.41) is 5.19. The summed E-state index contributed by atoms with van der Waals surface area (Å²) in [6, 6.07) is 10.4. The van der Waals surface area contributed by atoms with Crippen molar-refractivity contribution in [1.29, 1.82) is 0 Å². The van der Waals surface area contributed by atoms with E-state index in [1.165, 1.54) is 5.56 Å². The quantitative estimate of drug-likeness (QED) is 0.820. The molecule has 0 bridgehead atoms. The van der Waals surface area contributed by atoms with E-state index in [0.29, 0.717) is 11.4 Å². The molecule has 2 aromatic rings. The molecule has 3 rings (SSSR count). The third-order valence-corrected chi connectivity index (χ3v) is 5.76. The van der Waals surface area contributed by atoms with Gasteiger partial charge >= 0.3 is 0 Å². The van der Waals surface area contributed by atoms with Gasteiger partial charge in [-0.2, -0.15) is 5.10 Å². The Kier molecular flexibility index (Phi) is 5.68. The predicted octanol–water partition coefficient (Wildman–Crippen LogP) is 3.62. The molecule has 0 spiro atoms. The van der Waals surface area contributed by atoms with E-state index in [0.717, 1.165) is 31.0 Å². The van der Waals surface area contributed by atoms with Gasteiger partial charge in [0.2, 0.25) is 5.91 Å². The smallest absolute Gasteiger partial charge is 0.225 e. The van der Waals surface area contributed by atoms with Crippen LogP contribution in [0.4, 0.5) is 0 Å². The second kappa shape index (κ2) is 7.80. The number of aryl methyl sites for hydroxylation is 1. The van der Waals surface area contributed by atoms with E-state index in [4.69, 9.17) is 11.6 Å². The Morgan fingerprint density at radius 1 is 1.27 bits per heavy atom. The zero-order chi connectivity index (χ0) is 18.8. The molecule has 0 radical (unpaired) electrons. The third-order valence-electron chi connectivity index (χ3n) is 5.21. The van der Waals surface area contributed by atoms with Crippen LogP contribution in [0.1, 0.15) is 42.4 Å². The molecule has 1 saturated heterocycles. The van der Waals surface area contributed by atoms with Crippen LogP contribution in [0, 0.1) is 13.8 Å². The molecule has 1 aliphatic rings. The number of amides is 1. The van der Waals surface area contributed by atoms with Crippen LogP contribution in [0.5, 0.6) is 0 Å². The summed E-state index contributed by atoms with van der Waals surface area (Å²) in [7, 11) is 2.11. The highest BCUT2D eigenvalue weighted by Crippen LogP contribution is 2.28. The molecule has 1 amide bonds. The van der Waals surface area contributed by atoms with Crippen LogP contribution in [0.25, 0.3) is 0 Å². The number of halogens is 1. The van der Waals surface area contributed by atoms with Crippen molar-refractivity contribution in [2.24, 2.45) is 0 Å². The average Bonchev–Trinajstić information content (AvgIpc) is 2.89. The van der Waals surface area contributed by atoms with E-state index in [1.807, 2.05) is 48.6 Å². The molecule has 1 aliphatic heterocycles. The Morgan fingerprint density at radius 2 is 1.96 bits per heavy atom. The number of piperazine rings is 1. The maximum Gasteiger partial charge on any atom is 0.225 e. The highest BCUT2D eigenvalue weighted by atomic mass is 35.5. The Labute approximate surface area is 160 Å². The Balaban J connectivity index is 1.77. The third kappa shape index (κ3) is 3.79. The van der Waals surface area contributed by atoms with Gasteiger partial charge in [-0.25, -0.2) is 0 Å². The fraction of sp³-hybridized carbons (Fsp3) is 0.500. The van der Waals surface area contributed by atoms with Gasteiger partial charge in [-0.05, 0) is 33.4 Å². The van der Waals surface area contributed by atoms with Crippen molar-refractivity contribution >= 4 is 17.5 Å². The van der Waals surface area contributed by atoms with Gasteiger partial charge in [0.15, 0.2) is 0 Å². The van der Waals surface area contributed by atoms with Crippen LogP contribution in [0.15, 0.2) is 30.3 Å². The lowest BCUT2D eigenvalue weighted by molar-refractivity contribution is -0.137. The minimum Gasteiger partial charge on any atom is -0.333 e. The van der Waals surface area contributed by atoms with Gasteiger partial charge in [-0.1, -0.05) is 41.9 Å². The van der Waals surface area contributed by atoms with Crippen LogP contribution in [0.3, 0.4) is 0 Å². The molecule has 2 atom stereocenters. The number of nitrogens with zero attached hydrogens (tertiary/aromatic N) is 4. The fourth-order valence-corrected chi connectivity index (χ4v) is 3.83. The summed E-state index contributed by atoms with van der Waals surface area (Å²) in [6.07, 6.45) is 0.422. The summed E-state index contributed by atoms with van der Waals surface area (Å²) >= 11 is 6.26. The monoisotopic (exact) mass is 374 g/mol. The SMILES string of the molecule is Cc1nn([C@H](C)CC(=O)N2CCN(C)C[C@@H]2c2ccccc2)c(C)c1Cl. The number of hydrogen-bond donors (Lipinski definition) is 0. The number of hydrogen-bond acceptors (Lipinski definition) is 3. The lowest BCUT2D eigenvalue weighted by atomic mass is 10.0. The highest BCUT2D eigenvalue weighted by molar-refractivity contribution is 6.31. The van der Waals surface area contributed by atoms with E-state index in [9.17, 15) is 4.79 Å². The molecule has 0 N–H and O–H groups in total. The summed E-state index contributed by atoms with van der Waals surface area (Å²) in [5.74, 6) is 0.170. The van der Waals surface area contributed by atoms with Gasteiger partial charge in [0.05, 0.1) is 28.5 Å². The van der Waals surface area contributed by atoms with Gasteiger partial charge in [0.1, 0.15) is 0 Å². The summed E-state index contributed by atoms with van der Waals surface area (Å²) in [5.41, 5.74) is 2.92. The number of benzene rings is 1. The fourth-order valence-electron chi connectivity index (χ4n) is 3.71. The lowest BCUT2D eigenvalue weighted by Gasteiger charge is -2.40. The number of carbonyl (C=O) groups excluding carboxylic acids is 1. The predicted molar refractivity (Wildman–Crippen MR) is 104 cm³/mol. The van der Waals surface area contributed by atoms with Crippen molar-refractivity contribution in [3.8, 4) is 0 Å². The van der Waals surface area contributed by atoms with E-state index in [-0.39, 0.29) is 18.0 Å². The van der Waals surface area contributed by atoms with Crippen LogP contribution in [-0.2, 0) is 4.79 Å². The van der Waals surface area contributed by atoms with Crippen LogP contribution in [-0.4, -0.2) is 52.2 Å². The molecule has 2 heterocycles. The minimum absolute atomic E-state index is 0.0234. The Morgan fingerprint density at radius 3 is 2.58 bits per heavy atom. The molecule has 1 fully saturated rings. The van der Waals surface area contributed by atoms with Gasteiger partial charge < -0.3 is 9.80 Å². The molecular weight excluding hydrogens is 348 g/mol. The van der Waals surface area contributed by atoms with E-state index in [1.54, 1.807) is 0 Å². The molecule has 0 unspecified atom stereocenters. The first kappa shape index (κ1) is 18.9. The van der Waals surface area contributed by atoms with Crippen LogP contribution >= 0.6 is 11.6 Å². The molecule has 140 valence electrons. The van der Waals surface area contributed by atoms with Gasteiger partial charge in [0.25, 0.3) is 0 Å². The van der Waals surface area contributed by atoms with Crippen molar-refractivity contribution < 1.29 is 4.79 Å². The molecule has 1 aromatic carbocycles. The van der Waals surface area contributed by atoms with Crippen molar-refractivity contribution in [3.05, 3.63) is 52.3 Å². The maximum atomic E-state index is 13.1. The van der Waals surface area contributed by atoms with Crippen molar-refractivity contribution in [3.63, 3.8) is 0 Å². The highest BCUT2D eigenvalue weighted by Gasteiger charge is 2.31. The Bertz CT molecular complexity index is 774. The lowest BCUT2D eigenvalue weighted by Crippen LogP contribution is -2.49. The first-order valence-electron chi connectivity index (χ1n) is 9.12. The van der Waals surface area contributed by atoms with Crippen LogP contribution in [0.2, 0.25) is 5.02 Å². The molecule has 26 heavy (non-hydrogen) atoms. The molecule has 0 aliphatic carbocycles. The molecular formula is C20H27ClN4O. The molecule has 5 nitrogen and oxygen atoms in total. The zero-order valence-corrected chi connectivity index (χ0v) is 16.7. The minimum atomic E-state index is -0.0234. The number of likely N-dealkylation sites (N-methyl/N-ethyl adjacent to an activating group) is 1. The second-order valence-corrected chi connectivity index (χ2v) is 7.64. The normalized spacial score (nSPS) is 19.6. The summed E-state index contributed by atoms with van der Waals surface area (Å²) < 4.78 is 1.88. The largest absolute Gasteiger partial charge is 0.333 e. The molecule has 6 heteroatoms. The summed E-state index contributed by atoms with van der Waals surface area (Å²) in [6.45, 7) is 8.38.